The quantitative estimate of drug-likeness (QED) is 0.362. The summed E-state index contributed by atoms with van der Waals surface area (Å²) in [6.07, 6.45) is 1.95. The van der Waals surface area contributed by atoms with E-state index >= 15 is 0 Å². The fraction of sp³-hybridized carbons (Fsp3) is 0.160. The topological polar surface area (TPSA) is 22.0 Å². The summed E-state index contributed by atoms with van der Waals surface area (Å²) >= 11 is 0. The molecule has 29 heavy (non-hydrogen) atoms. The van der Waals surface area contributed by atoms with Crippen LogP contribution in [0.5, 0.6) is 0 Å². The number of hydrogen-bond donors (Lipinski definition) is 0. The van der Waals surface area contributed by atoms with E-state index < -0.39 is 0 Å². The standard InChI is InChI=1S/C25H21F2NO/c1-16(2)25(29)20-7-12-23-19(15-20)13-14-28(23)24(17-3-8-21(26)9-4-17)18-5-10-22(27)11-6-18/h3-16,24H,1-2H3. The molecule has 0 aliphatic heterocycles. The summed E-state index contributed by atoms with van der Waals surface area (Å²) in [5, 5.41) is 0.950. The van der Waals surface area contributed by atoms with E-state index in [4.69, 9.17) is 0 Å². The molecule has 4 aromatic rings. The van der Waals surface area contributed by atoms with Crippen molar-refractivity contribution in [3.05, 3.63) is 107 Å². The summed E-state index contributed by atoms with van der Waals surface area (Å²) in [5.74, 6) is -0.574. The van der Waals surface area contributed by atoms with Gasteiger partial charge >= 0.3 is 0 Å². The van der Waals surface area contributed by atoms with Gasteiger partial charge in [-0.05, 0) is 59.7 Å². The molecule has 0 N–H and O–H groups in total. The molecule has 0 spiro atoms. The number of halogens is 2. The Morgan fingerprint density at radius 1 is 0.793 bits per heavy atom. The van der Waals surface area contributed by atoms with Gasteiger partial charge in [0.1, 0.15) is 11.6 Å². The van der Waals surface area contributed by atoms with Gasteiger partial charge in [-0.3, -0.25) is 4.79 Å². The largest absolute Gasteiger partial charge is 0.336 e. The van der Waals surface area contributed by atoms with Crippen molar-refractivity contribution in [2.45, 2.75) is 19.9 Å². The first kappa shape index (κ1) is 19.1. The van der Waals surface area contributed by atoms with Gasteiger partial charge in [0.25, 0.3) is 0 Å². The van der Waals surface area contributed by atoms with Gasteiger partial charge in [-0.15, -0.1) is 0 Å². The second kappa shape index (κ2) is 7.63. The molecule has 146 valence electrons. The third-order valence-electron chi connectivity index (χ3n) is 5.18. The van der Waals surface area contributed by atoms with Crippen LogP contribution in [-0.4, -0.2) is 10.4 Å². The van der Waals surface area contributed by atoms with Crippen LogP contribution in [0.25, 0.3) is 10.9 Å². The van der Waals surface area contributed by atoms with Gasteiger partial charge in [0.2, 0.25) is 0 Å². The summed E-state index contributed by atoms with van der Waals surface area (Å²) in [7, 11) is 0. The van der Waals surface area contributed by atoms with Crippen LogP contribution in [0.4, 0.5) is 8.78 Å². The molecule has 0 saturated heterocycles. The van der Waals surface area contributed by atoms with Crippen LogP contribution in [-0.2, 0) is 0 Å². The first-order valence-corrected chi connectivity index (χ1v) is 9.60. The molecule has 0 amide bonds. The number of nitrogens with zero attached hydrogens (tertiary/aromatic N) is 1. The van der Waals surface area contributed by atoms with E-state index in [2.05, 4.69) is 4.57 Å². The van der Waals surface area contributed by atoms with Crippen LogP contribution in [0.1, 0.15) is 41.4 Å². The van der Waals surface area contributed by atoms with Gasteiger partial charge in [0, 0.05) is 28.6 Å². The average Bonchev–Trinajstić information content (AvgIpc) is 3.13. The molecule has 2 nitrogen and oxygen atoms in total. The Bertz CT molecular complexity index is 1110. The fourth-order valence-corrected chi connectivity index (χ4v) is 3.68. The molecule has 3 aromatic carbocycles. The van der Waals surface area contributed by atoms with E-state index in [1.165, 1.54) is 24.3 Å². The summed E-state index contributed by atoms with van der Waals surface area (Å²) < 4.78 is 29.1. The van der Waals surface area contributed by atoms with Gasteiger partial charge in [0.15, 0.2) is 5.78 Å². The molecule has 1 heterocycles. The van der Waals surface area contributed by atoms with Crippen LogP contribution in [0.15, 0.2) is 79.0 Å². The molecular weight excluding hydrogens is 368 g/mol. The Morgan fingerprint density at radius 2 is 1.34 bits per heavy atom. The van der Waals surface area contributed by atoms with Crippen molar-refractivity contribution < 1.29 is 13.6 Å². The lowest BCUT2D eigenvalue weighted by Crippen LogP contribution is -2.12. The number of fused-ring (bicyclic) bond motifs is 1. The molecule has 0 bridgehead atoms. The highest BCUT2D eigenvalue weighted by molar-refractivity contribution is 6.00. The van der Waals surface area contributed by atoms with Crippen molar-refractivity contribution >= 4 is 16.7 Å². The minimum atomic E-state index is -0.305. The molecule has 0 aliphatic rings. The van der Waals surface area contributed by atoms with Gasteiger partial charge < -0.3 is 4.57 Å². The lowest BCUT2D eigenvalue weighted by Gasteiger charge is -2.22. The zero-order valence-corrected chi connectivity index (χ0v) is 16.3. The number of rotatable bonds is 5. The maximum atomic E-state index is 13.5. The van der Waals surface area contributed by atoms with E-state index in [9.17, 15) is 13.6 Å². The van der Waals surface area contributed by atoms with Crippen LogP contribution in [0, 0.1) is 17.6 Å². The summed E-state index contributed by atoms with van der Waals surface area (Å²) in [6, 6.07) is 20.1. The van der Waals surface area contributed by atoms with Gasteiger partial charge in [-0.1, -0.05) is 38.1 Å². The molecule has 1 aromatic heterocycles. The van der Waals surface area contributed by atoms with E-state index in [0.29, 0.717) is 5.56 Å². The number of Topliss-reactive ketones (excluding diaryl/α,β-unsaturated/α-hetero) is 1. The van der Waals surface area contributed by atoms with Crippen molar-refractivity contribution in [1.29, 1.82) is 0 Å². The number of aromatic nitrogens is 1. The van der Waals surface area contributed by atoms with Crippen LogP contribution in [0.2, 0.25) is 0 Å². The molecular formula is C25H21F2NO. The Hall–Kier alpha value is -3.27. The third kappa shape index (κ3) is 3.70. The number of hydrogen-bond acceptors (Lipinski definition) is 1. The predicted octanol–water partition coefficient (Wildman–Crippen LogP) is 6.40. The molecule has 4 heteroatoms. The number of ketones is 1. The lowest BCUT2D eigenvalue weighted by atomic mass is 9.97. The highest BCUT2D eigenvalue weighted by Gasteiger charge is 2.19. The molecule has 4 rings (SSSR count). The number of carbonyl (C=O) groups is 1. The van der Waals surface area contributed by atoms with Gasteiger partial charge in [-0.25, -0.2) is 8.78 Å². The third-order valence-corrected chi connectivity index (χ3v) is 5.18. The average molecular weight is 389 g/mol. The van der Waals surface area contributed by atoms with Crippen molar-refractivity contribution in [3.63, 3.8) is 0 Å². The van der Waals surface area contributed by atoms with E-state index in [1.807, 2.05) is 44.3 Å². The molecule has 0 aliphatic carbocycles. The lowest BCUT2D eigenvalue weighted by molar-refractivity contribution is 0.0939. The number of carbonyl (C=O) groups excluding carboxylic acids is 1. The molecule has 0 fully saturated rings. The highest BCUT2D eigenvalue weighted by Crippen LogP contribution is 2.32. The summed E-state index contributed by atoms with van der Waals surface area (Å²) in [5.41, 5.74) is 3.41. The predicted molar refractivity (Wildman–Crippen MR) is 111 cm³/mol. The monoisotopic (exact) mass is 389 g/mol. The summed E-state index contributed by atoms with van der Waals surface area (Å²) in [4.78, 5) is 12.4. The first-order valence-electron chi connectivity index (χ1n) is 9.60. The zero-order chi connectivity index (χ0) is 20.5. The van der Waals surface area contributed by atoms with Crippen molar-refractivity contribution in [1.82, 2.24) is 4.57 Å². The Morgan fingerprint density at radius 3 is 1.86 bits per heavy atom. The number of benzene rings is 3. The Labute approximate surface area is 168 Å². The molecule has 0 saturated carbocycles. The van der Waals surface area contributed by atoms with Gasteiger partial charge in [0.05, 0.1) is 6.04 Å². The van der Waals surface area contributed by atoms with Crippen LogP contribution in [0.3, 0.4) is 0 Å². The minimum Gasteiger partial charge on any atom is -0.336 e. The van der Waals surface area contributed by atoms with Crippen molar-refractivity contribution in [2.75, 3.05) is 0 Å². The van der Waals surface area contributed by atoms with E-state index in [1.54, 1.807) is 24.3 Å². The second-order valence-electron chi connectivity index (χ2n) is 7.52. The Kier molecular flexibility index (Phi) is 5.01. The zero-order valence-electron chi connectivity index (χ0n) is 16.3. The minimum absolute atomic E-state index is 0.0688. The van der Waals surface area contributed by atoms with Crippen LogP contribution >= 0.6 is 0 Å². The van der Waals surface area contributed by atoms with Crippen LogP contribution < -0.4 is 0 Å². The molecule has 0 atom stereocenters. The fourth-order valence-electron chi connectivity index (χ4n) is 3.68. The second-order valence-corrected chi connectivity index (χ2v) is 7.52. The smallest absolute Gasteiger partial charge is 0.165 e. The summed E-state index contributed by atoms with van der Waals surface area (Å²) in [6.45, 7) is 3.77. The highest BCUT2D eigenvalue weighted by atomic mass is 19.1. The Balaban J connectivity index is 1.86. The molecule has 0 unspecified atom stereocenters. The molecule has 0 radical (unpaired) electrons. The SMILES string of the molecule is CC(C)C(=O)c1ccc2c(ccn2C(c2ccc(F)cc2)c2ccc(F)cc2)c1. The van der Waals surface area contributed by atoms with Gasteiger partial charge in [-0.2, -0.15) is 0 Å². The maximum absolute atomic E-state index is 13.5. The maximum Gasteiger partial charge on any atom is 0.165 e. The first-order chi connectivity index (χ1) is 13.9. The van der Waals surface area contributed by atoms with Crippen molar-refractivity contribution in [3.8, 4) is 0 Å². The van der Waals surface area contributed by atoms with E-state index in [0.717, 1.165) is 22.0 Å². The van der Waals surface area contributed by atoms with E-state index in [-0.39, 0.29) is 29.4 Å². The normalized spacial score (nSPS) is 11.5. The van der Waals surface area contributed by atoms with Crippen molar-refractivity contribution in [2.24, 2.45) is 5.92 Å².